The van der Waals surface area contributed by atoms with Crippen LogP contribution in [0.3, 0.4) is 0 Å². The summed E-state index contributed by atoms with van der Waals surface area (Å²) in [5.74, 6) is 0.707. The number of nitrogens with zero attached hydrogens (tertiary/aromatic N) is 2. The summed E-state index contributed by atoms with van der Waals surface area (Å²) in [5, 5.41) is 3.08. The summed E-state index contributed by atoms with van der Waals surface area (Å²) >= 11 is 0. The zero-order chi connectivity index (χ0) is 16.2. The van der Waals surface area contributed by atoms with Crippen molar-refractivity contribution in [2.24, 2.45) is 0 Å². The zero-order valence-electron chi connectivity index (χ0n) is 12.2. The smallest absolute Gasteiger partial charge is 0.422 e. The first-order chi connectivity index (χ1) is 10.3. The predicted octanol–water partition coefficient (Wildman–Crippen LogP) is 3.65. The molecule has 2 aromatic rings. The Morgan fingerprint density at radius 2 is 1.64 bits per heavy atom. The number of rotatable bonds is 5. The standard InChI is InChI=1S/C15H16F3N3O/c1-10-7-11(2)21-14(20-10)19-8-12-3-5-13(6-4-12)22-9-15(16,17)18/h3-7H,8-9H2,1-2H3,(H,19,20,21). The molecule has 0 bridgehead atoms. The largest absolute Gasteiger partial charge is 0.484 e. The van der Waals surface area contributed by atoms with Crippen LogP contribution in [0.5, 0.6) is 5.75 Å². The van der Waals surface area contributed by atoms with Crippen molar-refractivity contribution < 1.29 is 17.9 Å². The summed E-state index contributed by atoms with van der Waals surface area (Å²) < 4.78 is 40.8. The molecule has 4 nitrogen and oxygen atoms in total. The summed E-state index contributed by atoms with van der Waals surface area (Å²) in [6, 6.07) is 8.27. The van der Waals surface area contributed by atoms with Gasteiger partial charge in [0.2, 0.25) is 5.95 Å². The maximum atomic E-state index is 12.0. The molecule has 1 N–H and O–H groups in total. The molecule has 0 amide bonds. The van der Waals surface area contributed by atoms with E-state index in [2.05, 4.69) is 20.0 Å². The Morgan fingerprint density at radius 3 is 2.18 bits per heavy atom. The van der Waals surface area contributed by atoms with Gasteiger partial charge in [-0.25, -0.2) is 9.97 Å². The number of aryl methyl sites for hydroxylation is 2. The molecule has 0 atom stereocenters. The minimum Gasteiger partial charge on any atom is -0.484 e. The molecule has 118 valence electrons. The molecule has 0 aliphatic carbocycles. The number of hydrogen-bond donors (Lipinski definition) is 1. The molecular weight excluding hydrogens is 295 g/mol. The Hall–Kier alpha value is -2.31. The Kier molecular flexibility index (Phi) is 4.85. The second-order valence-corrected chi connectivity index (χ2v) is 4.88. The topological polar surface area (TPSA) is 47.0 Å². The Morgan fingerprint density at radius 1 is 1.05 bits per heavy atom. The highest BCUT2D eigenvalue weighted by atomic mass is 19.4. The van der Waals surface area contributed by atoms with Crippen molar-refractivity contribution in [1.29, 1.82) is 0 Å². The maximum absolute atomic E-state index is 12.0. The van der Waals surface area contributed by atoms with Crippen LogP contribution in [0.2, 0.25) is 0 Å². The van der Waals surface area contributed by atoms with E-state index in [1.165, 1.54) is 12.1 Å². The summed E-state index contributed by atoms with van der Waals surface area (Å²) in [6.07, 6.45) is -4.33. The van der Waals surface area contributed by atoms with Crippen LogP contribution in [0.15, 0.2) is 30.3 Å². The molecule has 0 aliphatic rings. The summed E-state index contributed by atoms with van der Waals surface area (Å²) in [6.45, 7) is 2.95. The van der Waals surface area contributed by atoms with Crippen LogP contribution in [-0.4, -0.2) is 22.8 Å². The van der Waals surface area contributed by atoms with Gasteiger partial charge in [0.05, 0.1) is 0 Å². The van der Waals surface area contributed by atoms with Crippen molar-refractivity contribution in [2.45, 2.75) is 26.6 Å². The van der Waals surface area contributed by atoms with E-state index < -0.39 is 12.8 Å². The van der Waals surface area contributed by atoms with Crippen molar-refractivity contribution in [3.63, 3.8) is 0 Å². The van der Waals surface area contributed by atoms with Crippen LogP contribution < -0.4 is 10.1 Å². The van der Waals surface area contributed by atoms with Gasteiger partial charge in [0, 0.05) is 17.9 Å². The monoisotopic (exact) mass is 311 g/mol. The normalized spacial score (nSPS) is 11.3. The molecule has 0 aliphatic heterocycles. The van der Waals surface area contributed by atoms with Crippen LogP contribution in [-0.2, 0) is 6.54 Å². The van der Waals surface area contributed by atoms with Crippen molar-refractivity contribution >= 4 is 5.95 Å². The molecule has 2 rings (SSSR count). The van der Waals surface area contributed by atoms with E-state index in [0.29, 0.717) is 12.5 Å². The summed E-state index contributed by atoms with van der Waals surface area (Å²) in [5.41, 5.74) is 2.62. The fraction of sp³-hybridized carbons (Fsp3) is 0.333. The van der Waals surface area contributed by atoms with E-state index in [0.717, 1.165) is 17.0 Å². The SMILES string of the molecule is Cc1cc(C)nc(NCc2ccc(OCC(F)(F)F)cc2)n1. The molecule has 1 aromatic heterocycles. The third-order valence-corrected chi connectivity index (χ3v) is 2.76. The molecular formula is C15H16F3N3O. The minimum absolute atomic E-state index is 0.184. The number of halogens is 3. The van der Waals surface area contributed by atoms with Gasteiger partial charge in [-0.15, -0.1) is 0 Å². The van der Waals surface area contributed by atoms with Gasteiger partial charge >= 0.3 is 6.18 Å². The number of anilines is 1. The molecule has 0 fully saturated rings. The van der Waals surface area contributed by atoms with Crippen LogP contribution in [0.25, 0.3) is 0 Å². The third kappa shape index (κ3) is 5.23. The van der Waals surface area contributed by atoms with E-state index in [1.54, 1.807) is 12.1 Å². The number of hydrogen-bond acceptors (Lipinski definition) is 4. The molecule has 1 aromatic carbocycles. The molecule has 22 heavy (non-hydrogen) atoms. The highest BCUT2D eigenvalue weighted by Crippen LogP contribution is 2.19. The van der Waals surface area contributed by atoms with Gasteiger partial charge in [0.1, 0.15) is 5.75 Å². The van der Waals surface area contributed by atoms with Crippen LogP contribution in [0, 0.1) is 13.8 Å². The summed E-state index contributed by atoms with van der Waals surface area (Å²) in [7, 11) is 0. The molecule has 0 spiro atoms. The van der Waals surface area contributed by atoms with Crippen LogP contribution in [0.1, 0.15) is 17.0 Å². The van der Waals surface area contributed by atoms with Gasteiger partial charge in [-0.1, -0.05) is 12.1 Å². The number of ether oxygens (including phenoxy) is 1. The lowest BCUT2D eigenvalue weighted by atomic mass is 10.2. The number of nitrogens with one attached hydrogen (secondary N) is 1. The molecule has 0 unspecified atom stereocenters. The lowest BCUT2D eigenvalue weighted by Crippen LogP contribution is -2.19. The maximum Gasteiger partial charge on any atom is 0.422 e. The first-order valence-electron chi connectivity index (χ1n) is 6.66. The number of aromatic nitrogens is 2. The second kappa shape index (κ2) is 6.64. The molecule has 0 saturated heterocycles. The number of alkyl halides is 3. The van der Waals surface area contributed by atoms with Crippen molar-refractivity contribution in [1.82, 2.24) is 9.97 Å². The van der Waals surface area contributed by atoms with E-state index in [1.807, 2.05) is 19.9 Å². The zero-order valence-corrected chi connectivity index (χ0v) is 12.2. The molecule has 7 heteroatoms. The average Bonchev–Trinajstić information content (AvgIpc) is 2.42. The predicted molar refractivity (Wildman–Crippen MR) is 76.8 cm³/mol. The van der Waals surface area contributed by atoms with Gasteiger partial charge in [-0.05, 0) is 37.6 Å². The third-order valence-electron chi connectivity index (χ3n) is 2.76. The van der Waals surface area contributed by atoms with Gasteiger partial charge in [0.25, 0.3) is 0 Å². The van der Waals surface area contributed by atoms with Crippen molar-refractivity contribution in [2.75, 3.05) is 11.9 Å². The lowest BCUT2D eigenvalue weighted by Gasteiger charge is -2.10. The van der Waals surface area contributed by atoms with Gasteiger partial charge in [-0.2, -0.15) is 13.2 Å². The number of benzene rings is 1. The van der Waals surface area contributed by atoms with E-state index in [9.17, 15) is 13.2 Å². The van der Waals surface area contributed by atoms with Crippen molar-refractivity contribution in [3.8, 4) is 5.75 Å². The minimum atomic E-state index is -4.33. The molecule has 1 heterocycles. The van der Waals surface area contributed by atoms with Crippen molar-refractivity contribution in [3.05, 3.63) is 47.3 Å². The Bertz CT molecular complexity index is 607. The summed E-state index contributed by atoms with van der Waals surface area (Å²) in [4.78, 5) is 8.50. The van der Waals surface area contributed by atoms with Crippen LogP contribution in [0.4, 0.5) is 19.1 Å². The second-order valence-electron chi connectivity index (χ2n) is 4.88. The van der Waals surface area contributed by atoms with Gasteiger partial charge < -0.3 is 10.1 Å². The highest BCUT2D eigenvalue weighted by Gasteiger charge is 2.28. The fourth-order valence-corrected chi connectivity index (χ4v) is 1.85. The Balaban J connectivity index is 1.91. The first kappa shape index (κ1) is 16.1. The first-order valence-corrected chi connectivity index (χ1v) is 6.66. The van der Waals surface area contributed by atoms with E-state index in [-0.39, 0.29) is 5.75 Å². The fourth-order valence-electron chi connectivity index (χ4n) is 1.85. The van der Waals surface area contributed by atoms with E-state index >= 15 is 0 Å². The Labute approximate surface area is 126 Å². The lowest BCUT2D eigenvalue weighted by molar-refractivity contribution is -0.153. The quantitative estimate of drug-likeness (QED) is 0.915. The van der Waals surface area contributed by atoms with E-state index in [4.69, 9.17) is 0 Å². The van der Waals surface area contributed by atoms with Crippen LogP contribution >= 0.6 is 0 Å². The van der Waals surface area contributed by atoms with Gasteiger partial charge in [-0.3, -0.25) is 0 Å². The van der Waals surface area contributed by atoms with Gasteiger partial charge in [0.15, 0.2) is 6.61 Å². The highest BCUT2D eigenvalue weighted by molar-refractivity contribution is 5.32. The molecule has 0 saturated carbocycles. The molecule has 0 radical (unpaired) electrons. The average molecular weight is 311 g/mol.